The van der Waals surface area contributed by atoms with Crippen LogP contribution in [-0.4, -0.2) is 26.7 Å². The Bertz CT molecular complexity index is 646. The van der Waals surface area contributed by atoms with E-state index < -0.39 is 23.7 Å². The van der Waals surface area contributed by atoms with Crippen molar-refractivity contribution in [1.82, 2.24) is 9.38 Å². The smallest absolute Gasteiger partial charge is 0.450 e. The number of aldehydes is 1. The van der Waals surface area contributed by atoms with Gasteiger partial charge in [0.15, 0.2) is 6.29 Å². The molecule has 2 aromatic rings. The van der Waals surface area contributed by atoms with E-state index in [1.807, 2.05) is 0 Å². The molecule has 0 atom stereocenters. The fourth-order valence-corrected chi connectivity index (χ4v) is 1.53. The van der Waals surface area contributed by atoms with Crippen LogP contribution in [0.15, 0.2) is 18.3 Å². The third kappa shape index (κ3) is 1.81. The molecule has 0 aliphatic rings. The number of carboxylic acids is 1. The summed E-state index contributed by atoms with van der Waals surface area (Å²) in [4.78, 5) is 24.5. The van der Waals surface area contributed by atoms with E-state index in [1.54, 1.807) is 0 Å². The number of aromatic carboxylic acids is 1. The maximum Gasteiger partial charge on any atom is 0.450 e. The maximum atomic E-state index is 12.6. The summed E-state index contributed by atoms with van der Waals surface area (Å²) < 4.78 is 38.5. The van der Waals surface area contributed by atoms with Gasteiger partial charge in [0.25, 0.3) is 0 Å². The van der Waals surface area contributed by atoms with Crippen molar-refractivity contribution in [1.29, 1.82) is 0 Å². The van der Waals surface area contributed by atoms with E-state index in [-0.39, 0.29) is 17.4 Å². The Morgan fingerprint density at radius 2 is 2.11 bits per heavy atom. The van der Waals surface area contributed by atoms with Crippen LogP contribution in [-0.2, 0) is 6.18 Å². The molecule has 94 valence electrons. The number of carbonyl (C=O) groups excluding carboxylic acids is 1. The minimum Gasteiger partial charge on any atom is -0.478 e. The first kappa shape index (κ1) is 12.1. The monoisotopic (exact) mass is 258 g/mol. The number of carboxylic acid groups (broad SMARTS) is 1. The second-order valence-corrected chi connectivity index (χ2v) is 3.41. The Labute approximate surface area is 97.5 Å². The summed E-state index contributed by atoms with van der Waals surface area (Å²) >= 11 is 0. The Morgan fingerprint density at radius 1 is 1.44 bits per heavy atom. The van der Waals surface area contributed by atoms with Crippen molar-refractivity contribution in [3.63, 3.8) is 0 Å². The molecule has 0 saturated carbocycles. The van der Waals surface area contributed by atoms with Gasteiger partial charge >= 0.3 is 12.1 Å². The van der Waals surface area contributed by atoms with Crippen LogP contribution in [0.5, 0.6) is 0 Å². The Balaban J connectivity index is 2.79. The molecule has 5 nitrogen and oxygen atoms in total. The number of rotatable bonds is 2. The quantitative estimate of drug-likeness (QED) is 0.834. The number of aromatic nitrogens is 2. The highest BCUT2D eigenvalue weighted by atomic mass is 19.4. The zero-order valence-corrected chi connectivity index (χ0v) is 8.60. The van der Waals surface area contributed by atoms with Crippen LogP contribution < -0.4 is 0 Å². The van der Waals surface area contributed by atoms with E-state index in [9.17, 15) is 22.8 Å². The van der Waals surface area contributed by atoms with Gasteiger partial charge in [-0.25, -0.2) is 9.78 Å². The summed E-state index contributed by atoms with van der Waals surface area (Å²) in [5.41, 5.74) is -0.873. The molecule has 0 saturated heterocycles. The molecule has 0 amide bonds. The van der Waals surface area contributed by atoms with Crippen LogP contribution in [0.2, 0.25) is 0 Å². The molecule has 1 N–H and O–H groups in total. The largest absolute Gasteiger partial charge is 0.478 e. The van der Waals surface area contributed by atoms with Crippen molar-refractivity contribution in [3.8, 4) is 0 Å². The van der Waals surface area contributed by atoms with Gasteiger partial charge < -0.3 is 5.11 Å². The van der Waals surface area contributed by atoms with Crippen LogP contribution in [0.4, 0.5) is 13.2 Å². The van der Waals surface area contributed by atoms with Gasteiger partial charge in [-0.1, -0.05) is 0 Å². The summed E-state index contributed by atoms with van der Waals surface area (Å²) in [5.74, 6) is -2.57. The summed E-state index contributed by atoms with van der Waals surface area (Å²) in [6, 6.07) is 1.97. The third-order valence-corrected chi connectivity index (χ3v) is 2.28. The normalized spacial score (nSPS) is 11.7. The zero-order chi connectivity index (χ0) is 13.5. The second kappa shape index (κ2) is 3.83. The van der Waals surface area contributed by atoms with Crippen molar-refractivity contribution in [3.05, 3.63) is 35.4 Å². The molecule has 2 rings (SSSR count). The van der Waals surface area contributed by atoms with Crippen molar-refractivity contribution < 1.29 is 27.9 Å². The lowest BCUT2D eigenvalue weighted by molar-refractivity contribution is -0.145. The number of hydrogen-bond acceptors (Lipinski definition) is 3. The van der Waals surface area contributed by atoms with E-state index in [1.165, 1.54) is 0 Å². The molecule has 8 heteroatoms. The van der Waals surface area contributed by atoms with Crippen LogP contribution in [0.25, 0.3) is 5.52 Å². The minimum atomic E-state index is -4.73. The van der Waals surface area contributed by atoms with Crippen molar-refractivity contribution in [2.45, 2.75) is 6.18 Å². The fourth-order valence-electron chi connectivity index (χ4n) is 1.53. The molecule has 0 radical (unpaired) electrons. The zero-order valence-electron chi connectivity index (χ0n) is 8.60. The van der Waals surface area contributed by atoms with Crippen molar-refractivity contribution in [2.75, 3.05) is 0 Å². The Kier molecular flexibility index (Phi) is 2.57. The lowest BCUT2D eigenvalue weighted by Crippen LogP contribution is -2.11. The number of hydrogen-bond donors (Lipinski definition) is 1. The average Bonchev–Trinajstić information content (AvgIpc) is 2.66. The highest BCUT2D eigenvalue weighted by Gasteiger charge is 2.37. The highest BCUT2D eigenvalue weighted by molar-refractivity contribution is 5.92. The van der Waals surface area contributed by atoms with Crippen molar-refractivity contribution in [2.24, 2.45) is 0 Å². The van der Waals surface area contributed by atoms with Crippen molar-refractivity contribution >= 4 is 17.8 Å². The van der Waals surface area contributed by atoms with Gasteiger partial charge in [0.05, 0.1) is 11.1 Å². The lowest BCUT2D eigenvalue weighted by atomic mass is 10.2. The standard InChI is InChI=1S/C10H5F3N2O3/c11-10(12,13)9-14-6(4-16)7-3-5(8(17)18)1-2-15(7)9/h1-4H,(H,17,18). The third-order valence-electron chi connectivity index (χ3n) is 2.28. The fraction of sp³-hybridized carbons (Fsp3) is 0.100. The number of fused-ring (bicyclic) bond motifs is 1. The summed E-state index contributed by atoms with van der Waals surface area (Å²) in [6.07, 6.45) is -3.66. The molecule has 0 bridgehead atoms. The number of pyridine rings is 1. The second-order valence-electron chi connectivity index (χ2n) is 3.41. The molecule has 18 heavy (non-hydrogen) atoms. The molecule has 0 fully saturated rings. The SMILES string of the molecule is O=Cc1nc(C(F)(F)F)n2ccc(C(=O)O)cc12. The number of halogens is 3. The topological polar surface area (TPSA) is 71.7 Å². The van der Waals surface area contributed by atoms with Crippen LogP contribution in [0.3, 0.4) is 0 Å². The van der Waals surface area contributed by atoms with Crippen LogP contribution >= 0.6 is 0 Å². The maximum absolute atomic E-state index is 12.6. The Hall–Kier alpha value is -2.38. The van der Waals surface area contributed by atoms with E-state index in [2.05, 4.69) is 4.98 Å². The highest BCUT2D eigenvalue weighted by Crippen LogP contribution is 2.30. The molecule has 2 aromatic heterocycles. The first-order valence-electron chi connectivity index (χ1n) is 4.62. The molecule has 2 heterocycles. The van der Waals surface area contributed by atoms with E-state index >= 15 is 0 Å². The van der Waals surface area contributed by atoms with Crippen LogP contribution in [0.1, 0.15) is 26.7 Å². The summed E-state index contributed by atoms with van der Waals surface area (Å²) in [6.45, 7) is 0. The molecule has 0 spiro atoms. The van der Waals surface area contributed by atoms with Crippen LogP contribution in [0, 0.1) is 0 Å². The van der Waals surface area contributed by atoms with E-state index in [0.29, 0.717) is 4.40 Å². The van der Waals surface area contributed by atoms with E-state index in [4.69, 9.17) is 5.11 Å². The van der Waals surface area contributed by atoms with Gasteiger partial charge in [0.2, 0.25) is 5.82 Å². The van der Waals surface area contributed by atoms with Gasteiger partial charge in [-0.2, -0.15) is 13.2 Å². The summed E-state index contributed by atoms with van der Waals surface area (Å²) in [5, 5.41) is 8.73. The number of imidazole rings is 1. The molecule has 0 aliphatic heterocycles. The van der Waals surface area contributed by atoms with Gasteiger partial charge in [-0.3, -0.25) is 9.20 Å². The number of carbonyl (C=O) groups is 2. The van der Waals surface area contributed by atoms with Gasteiger partial charge in [-0.15, -0.1) is 0 Å². The molecular weight excluding hydrogens is 253 g/mol. The lowest BCUT2D eigenvalue weighted by Gasteiger charge is -2.04. The number of alkyl halides is 3. The average molecular weight is 258 g/mol. The van der Waals surface area contributed by atoms with E-state index in [0.717, 1.165) is 18.3 Å². The molecule has 0 aromatic carbocycles. The first-order chi connectivity index (χ1) is 8.34. The van der Waals surface area contributed by atoms with Gasteiger partial charge in [0.1, 0.15) is 5.69 Å². The number of nitrogens with zero attached hydrogens (tertiary/aromatic N) is 2. The molecular formula is C10H5F3N2O3. The minimum absolute atomic E-state index is 0.149. The van der Waals surface area contributed by atoms with Gasteiger partial charge in [0, 0.05) is 6.20 Å². The molecule has 0 aliphatic carbocycles. The predicted octanol–water partition coefficient (Wildman–Crippen LogP) is 1.86. The Morgan fingerprint density at radius 3 is 2.61 bits per heavy atom. The summed E-state index contributed by atoms with van der Waals surface area (Å²) in [7, 11) is 0. The first-order valence-corrected chi connectivity index (χ1v) is 4.62. The van der Waals surface area contributed by atoms with Gasteiger partial charge in [-0.05, 0) is 12.1 Å². The molecule has 0 unspecified atom stereocenters. The predicted molar refractivity (Wildman–Crippen MR) is 52.5 cm³/mol.